The van der Waals surface area contributed by atoms with Gasteiger partial charge in [0.1, 0.15) is 5.82 Å². The molecule has 0 spiro atoms. The molecular formula is C18H17FO. The summed E-state index contributed by atoms with van der Waals surface area (Å²) in [4.78, 5) is 12.7. The first-order valence-corrected chi connectivity index (χ1v) is 7.05. The van der Waals surface area contributed by atoms with Crippen LogP contribution in [0.15, 0.2) is 42.5 Å². The monoisotopic (exact) mass is 268 g/mol. The molecule has 0 aromatic heterocycles. The van der Waals surface area contributed by atoms with E-state index in [2.05, 4.69) is 6.07 Å². The van der Waals surface area contributed by atoms with E-state index in [9.17, 15) is 9.18 Å². The summed E-state index contributed by atoms with van der Waals surface area (Å²) in [5, 5.41) is 0. The van der Waals surface area contributed by atoms with Crippen LogP contribution in [0.4, 0.5) is 4.39 Å². The van der Waals surface area contributed by atoms with E-state index in [1.165, 1.54) is 11.6 Å². The smallest absolute Gasteiger partial charge is 0.173 e. The Balaban J connectivity index is 2.02. The molecule has 0 amide bonds. The molecule has 0 aliphatic heterocycles. The third kappa shape index (κ3) is 2.26. The van der Waals surface area contributed by atoms with Gasteiger partial charge in [0.15, 0.2) is 5.78 Å². The highest BCUT2D eigenvalue weighted by atomic mass is 19.1. The molecule has 2 aromatic rings. The molecule has 0 N–H and O–H groups in total. The summed E-state index contributed by atoms with van der Waals surface area (Å²) in [6.07, 6.45) is 2.81. The molecule has 0 saturated carbocycles. The van der Waals surface area contributed by atoms with Gasteiger partial charge < -0.3 is 0 Å². The molecule has 20 heavy (non-hydrogen) atoms. The van der Waals surface area contributed by atoms with Crippen molar-refractivity contribution in [2.24, 2.45) is 0 Å². The lowest BCUT2D eigenvalue weighted by atomic mass is 9.78. The Bertz CT molecular complexity index is 660. The minimum absolute atomic E-state index is 0.0849. The summed E-state index contributed by atoms with van der Waals surface area (Å²) in [5.41, 5.74) is 3.44. The zero-order valence-electron chi connectivity index (χ0n) is 11.5. The number of hydrogen-bond donors (Lipinski definition) is 0. The Kier molecular flexibility index (Phi) is 3.39. The fraction of sp³-hybridized carbons (Fsp3) is 0.278. The highest BCUT2D eigenvalue weighted by molar-refractivity contribution is 6.01. The summed E-state index contributed by atoms with van der Waals surface area (Å²) in [7, 11) is 0. The molecule has 1 unspecified atom stereocenters. The third-order valence-electron chi connectivity index (χ3n) is 4.07. The number of aryl methyl sites for hydroxylation is 2. The molecule has 1 aliphatic rings. The number of benzene rings is 2. The first kappa shape index (κ1) is 13.0. The standard InChI is InChI=1S/C18H17FO/c1-12-9-10-17(19)16(11-12)18(20)15-8-4-6-13-5-2-3-7-14(13)15/h2-3,5,7,9-11,15H,4,6,8H2,1H3. The molecule has 3 rings (SSSR count). The second-order valence-electron chi connectivity index (χ2n) is 5.49. The van der Waals surface area contributed by atoms with E-state index in [1.54, 1.807) is 12.1 Å². The Morgan fingerprint density at radius 2 is 2.00 bits per heavy atom. The van der Waals surface area contributed by atoms with E-state index in [0.29, 0.717) is 0 Å². The van der Waals surface area contributed by atoms with Crippen LogP contribution in [0.25, 0.3) is 0 Å². The molecule has 1 aliphatic carbocycles. The maximum Gasteiger partial charge on any atom is 0.173 e. The van der Waals surface area contributed by atoms with E-state index in [-0.39, 0.29) is 17.3 Å². The van der Waals surface area contributed by atoms with Crippen molar-refractivity contribution in [3.8, 4) is 0 Å². The van der Waals surface area contributed by atoms with Crippen LogP contribution in [0, 0.1) is 12.7 Å². The van der Waals surface area contributed by atoms with Gasteiger partial charge in [-0.05, 0) is 49.4 Å². The molecule has 0 fully saturated rings. The van der Waals surface area contributed by atoms with Crippen molar-refractivity contribution in [2.45, 2.75) is 32.1 Å². The van der Waals surface area contributed by atoms with Gasteiger partial charge in [0, 0.05) is 5.92 Å². The summed E-state index contributed by atoms with van der Waals surface area (Å²) >= 11 is 0. The number of rotatable bonds is 2. The molecule has 1 nitrogen and oxygen atoms in total. The number of Topliss-reactive ketones (excluding diaryl/α,β-unsaturated/α-hetero) is 1. The van der Waals surface area contributed by atoms with Gasteiger partial charge >= 0.3 is 0 Å². The fourth-order valence-electron chi connectivity index (χ4n) is 3.04. The van der Waals surface area contributed by atoms with Crippen molar-refractivity contribution in [3.05, 3.63) is 70.5 Å². The summed E-state index contributed by atoms with van der Waals surface area (Å²) < 4.78 is 13.9. The topological polar surface area (TPSA) is 17.1 Å². The first-order chi connectivity index (χ1) is 9.66. The molecule has 0 heterocycles. The van der Waals surface area contributed by atoms with Gasteiger partial charge in [-0.3, -0.25) is 4.79 Å². The minimum Gasteiger partial charge on any atom is -0.293 e. The van der Waals surface area contributed by atoms with Crippen molar-refractivity contribution in [2.75, 3.05) is 0 Å². The summed E-state index contributed by atoms with van der Waals surface area (Å²) in [5.74, 6) is -0.696. The highest BCUT2D eigenvalue weighted by Gasteiger charge is 2.28. The van der Waals surface area contributed by atoms with Crippen molar-refractivity contribution in [3.63, 3.8) is 0 Å². The largest absolute Gasteiger partial charge is 0.293 e. The molecule has 2 heteroatoms. The molecule has 0 bridgehead atoms. The second-order valence-corrected chi connectivity index (χ2v) is 5.49. The van der Waals surface area contributed by atoms with E-state index < -0.39 is 5.82 Å². The van der Waals surface area contributed by atoms with Gasteiger partial charge in [0.05, 0.1) is 5.56 Å². The molecule has 0 radical (unpaired) electrons. The lowest BCUT2D eigenvalue weighted by Crippen LogP contribution is -2.19. The summed E-state index contributed by atoms with van der Waals surface area (Å²) in [6.45, 7) is 1.88. The van der Waals surface area contributed by atoms with Gasteiger partial charge in [-0.15, -0.1) is 0 Å². The van der Waals surface area contributed by atoms with E-state index in [1.807, 2.05) is 25.1 Å². The molecule has 2 aromatic carbocycles. The molecule has 1 atom stereocenters. The van der Waals surface area contributed by atoms with Crippen LogP contribution in [0.2, 0.25) is 0 Å². The lowest BCUT2D eigenvalue weighted by Gasteiger charge is -2.24. The zero-order chi connectivity index (χ0) is 14.1. The number of hydrogen-bond acceptors (Lipinski definition) is 1. The summed E-state index contributed by atoms with van der Waals surface area (Å²) in [6, 6.07) is 12.8. The van der Waals surface area contributed by atoms with Crippen LogP contribution >= 0.6 is 0 Å². The molecule has 0 saturated heterocycles. The maximum absolute atomic E-state index is 13.9. The van der Waals surface area contributed by atoms with Crippen LogP contribution < -0.4 is 0 Å². The normalized spacial score (nSPS) is 17.6. The van der Waals surface area contributed by atoms with Gasteiger partial charge in [0.25, 0.3) is 0 Å². The van der Waals surface area contributed by atoms with E-state index in [0.717, 1.165) is 30.4 Å². The average Bonchev–Trinajstić information content (AvgIpc) is 2.48. The third-order valence-corrected chi connectivity index (χ3v) is 4.07. The number of ketones is 1. The van der Waals surface area contributed by atoms with Crippen LogP contribution in [0.5, 0.6) is 0 Å². The quantitative estimate of drug-likeness (QED) is 0.736. The van der Waals surface area contributed by atoms with Crippen molar-refractivity contribution in [1.82, 2.24) is 0 Å². The van der Waals surface area contributed by atoms with Gasteiger partial charge in [-0.25, -0.2) is 4.39 Å². The molecular weight excluding hydrogens is 251 g/mol. The van der Waals surface area contributed by atoms with Crippen molar-refractivity contribution in [1.29, 1.82) is 0 Å². The number of carbonyl (C=O) groups excluding carboxylic acids is 1. The van der Waals surface area contributed by atoms with E-state index >= 15 is 0 Å². The fourth-order valence-corrected chi connectivity index (χ4v) is 3.04. The van der Waals surface area contributed by atoms with Gasteiger partial charge in [0.2, 0.25) is 0 Å². The minimum atomic E-state index is -0.413. The average molecular weight is 268 g/mol. The van der Waals surface area contributed by atoms with Crippen LogP contribution in [-0.4, -0.2) is 5.78 Å². The Morgan fingerprint density at radius 1 is 1.20 bits per heavy atom. The number of carbonyl (C=O) groups is 1. The van der Waals surface area contributed by atoms with Crippen molar-refractivity contribution >= 4 is 5.78 Å². The Hall–Kier alpha value is -1.96. The van der Waals surface area contributed by atoms with E-state index in [4.69, 9.17) is 0 Å². The first-order valence-electron chi connectivity index (χ1n) is 7.05. The van der Waals surface area contributed by atoms with Gasteiger partial charge in [-0.2, -0.15) is 0 Å². The number of fused-ring (bicyclic) bond motifs is 1. The maximum atomic E-state index is 13.9. The molecule has 102 valence electrons. The Labute approximate surface area is 118 Å². The van der Waals surface area contributed by atoms with Crippen molar-refractivity contribution < 1.29 is 9.18 Å². The highest BCUT2D eigenvalue weighted by Crippen LogP contribution is 2.34. The second kappa shape index (κ2) is 5.20. The zero-order valence-corrected chi connectivity index (χ0v) is 11.5. The Morgan fingerprint density at radius 3 is 2.85 bits per heavy atom. The van der Waals surface area contributed by atoms with Crippen LogP contribution in [0.1, 0.15) is 45.8 Å². The lowest BCUT2D eigenvalue weighted by molar-refractivity contribution is 0.0947. The van der Waals surface area contributed by atoms with Crippen LogP contribution in [0.3, 0.4) is 0 Å². The van der Waals surface area contributed by atoms with Gasteiger partial charge in [-0.1, -0.05) is 35.9 Å². The predicted octanol–water partition coefficient (Wildman–Crippen LogP) is 4.44. The SMILES string of the molecule is Cc1ccc(F)c(C(=O)C2CCCc3ccccc32)c1. The number of halogens is 1. The van der Waals surface area contributed by atoms with Crippen LogP contribution in [-0.2, 0) is 6.42 Å². The predicted molar refractivity (Wildman–Crippen MR) is 77.6 cm³/mol.